The Labute approximate surface area is 119 Å². The van der Waals surface area contributed by atoms with Crippen LogP contribution < -0.4 is 4.90 Å². The number of hydrogen-bond acceptors (Lipinski definition) is 1. The number of nitrogens with zero attached hydrogens (tertiary/aromatic N) is 1. The fourth-order valence-electron chi connectivity index (χ4n) is 3.33. The van der Waals surface area contributed by atoms with E-state index in [1.807, 2.05) is 0 Å². The first kappa shape index (κ1) is 11.5. The summed E-state index contributed by atoms with van der Waals surface area (Å²) in [6.07, 6.45) is 5.66. The van der Waals surface area contributed by atoms with Crippen molar-refractivity contribution in [1.29, 1.82) is 0 Å². The lowest BCUT2D eigenvalue weighted by atomic mass is 9.92. The largest absolute Gasteiger partial charge is 0.333 e. The van der Waals surface area contributed by atoms with E-state index in [-0.39, 0.29) is 0 Å². The highest BCUT2D eigenvalue weighted by Gasteiger charge is 2.35. The zero-order chi connectivity index (χ0) is 13.5. The highest BCUT2D eigenvalue weighted by Crippen LogP contribution is 2.47. The molecule has 0 saturated carbocycles. The summed E-state index contributed by atoms with van der Waals surface area (Å²) in [6.45, 7) is 2.22. The van der Waals surface area contributed by atoms with Gasteiger partial charge >= 0.3 is 0 Å². The average molecular weight is 259 g/mol. The van der Waals surface area contributed by atoms with Crippen LogP contribution in [0, 0.1) is 0 Å². The average Bonchev–Trinajstić information content (AvgIpc) is 2.81. The summed E-state index contributed by atoms with van der Waals surface area (Å²) in [7, 11) is 0. The molecule has 0 bridgehead atoms. The van der Waals surface area contributed by atoms with Gasteiger partial charge in [0.25, 0.3) is 0 Å². The van der Waals surface area contributed by atoms with Gasteiger partial charge in [-0.15, -0.1) is 0 Å². The van der Waals surface area contributed by atoms with Crippen LogP contribution in [0.1, 0.15) is 18.9 Å². The molecule has 0 radical (unpaired) electrons. The van der Waals surface area contributed by atoms with Crippen molar-refractivity contribution in [3.8, 4) is 0 Å². The monoisotopic (exact) mass is 259 g/mol. The normalized spacial score (nSPS) is 20.1. The topological polar surface area (TPSA) is 3.24 Å². The first-order valence-corrected chi connectivity index (χ1v) is 7.15. The molecule has 4 rings (SSSR count). The van der Waals surface area contributed by atoms with Crippen LogP contribution in [0.25, 0.3) is 5.57 Å². The maximum Gasteiger partial charge on any atom is 0.0635 e. The maximum absolute atomic E-state index is 2.48. The molecule has 0 amide bonds. The number of rotatable bonds is 1. The molecule has 2 aromatic carbocycles. The van der Waals surface area contributed by atoms with Crippen LogP contribution in [-0.4, -0.2) is 6.04 Å². The van der Waals surface area contributed by atoms with Crippen LogP contribution in [0.4, 0.5) is 11.4 Å². The first-order valence-electron chi connectivity index (χ1n) is 7.15. The second-order valence-electron chi connectivity index (χ2n) is 5.58. The van der Waals surface area contributed by atoms with Gasteiger partial charge in [-0.3, -0.25) is 0 Å². The lowest BCUT2D eigenvalue weighted by molar-refractivity contribution is 0.797. The van der Waals surface area contributed by atoms with Crippen molar-refractivity contribution in [1.82, 2.24) is 0 Å². The van der Waals surface area contributed by atoms with Crippen molar-refractivity contribution in [2.45, 2.75) is 19.4 Å². The Morgan fingerprint density at radius 3 is 2.50 bits per heavy atom. The van der Waals surface area contributed by atoms with Crippen LogP contribution in [-0.2, 0) is 0 Å². The lowest BCUT2D eigenvalue weighted by Crippen LogP contribution is -2.28. The molecule has 1 heteroatoms. The van der Waals surface area contributed by atoms with Crippen LogP contribution in [0.15, 0.2) is 72.3 Å². The Kier molecular flexibility index (Phi) is 2.53. The summed E-state index contributed by atoms with van der Waals surface area (Å²) in [5, 5.41) is 0. The molecular formula is C19H17N. The second-order valence-corrected chi connectivity index (χ2v) is 5.58. The quantitative estimate of drug-likeness (QED) is 0.701. The van der Waals surface area contributed by atoms with E-state index in [0.29, 0.717) is 6.04 Å². The van der Waals surface area contributed by atoms with Gasteiger partial charge in [0.1, 0.15) is 0 Å². The number of anilines is 2. The molecule has 1 atom stereocenters. The van der Waals surface area contributed by atoms with Crippen molar-refractivity contribution in [3.63, 3.8) is 0 Å². The van der Waals surface area contributed by atoms with Gasteiger partial charge in [-0.1, -0.05) is 54.1 Å². The molecule has 98 valence electrons. The van der Waals surface area contributed by atoms with Gasteiger partial charge in [-0.05, 0) is 37.1 Å². The van der Waals surface area contributed by atoms with E-state index in [2.05, 4.69) is 78.6 Å². The summed E-state index contributed by atoms with van der Waals surface area (Å²) < 4.78 is 0. The van der Waals surface area contributed by atoms with E-state index in [0.717, 1.165) is 6.42 Å². The van der Waals surface area contributed by atoms with Gasteiger partial charge in [-0.2, -0.15) is 0 Å². The third kappa shape index (κ3) is 1.63. The summed E-state index contributed by atoms with van der Waals surface area (Å²) in [4.78, 5) is 2.48. The van der Waals surface area contributed by atoms with Gasteiger partial charge < -0.3 is 4.90 Å². The molecule has 1 nitrogen and oxygen atoms in total. The van der Waals surface area contributed by atoms with Gasteiger partial charge in [-0.25, -0.2) is 0 Å². The molecule has 0 aromatic heterocycles. The second kappa shape index (κ2) is 4.38. The molecule has 0 saturated heterocycles. The molecule has 2 aliphatic rings. The van der Waals surface area contributed by atoms with Crippen LogP contribution >= 0.6 is 0 Å². The van der Waals surface area contributed by atoms with E-state index in [4.69, 9.17) is 0 Å². The molecule has 0 fully saturated rings. The molecule has 1 aliphatic heterocycles. The van der Waals surface area contributed by atoms with Gasteiger partial charge in [0.15, 0.2) is 0 Å². The highest BCUT2D eigenvalue weighted by molar-refractivity contribution is 5.93. The molecule has 2 aromatic rings. The number of hydrogen-bond donors (Lipinski definition) is 0. The minimum Gasteiger partial charge on any atom is -0.333 e. The summed E-state index contributed by atoms with van der Waals surface area (Å²) >= 11 is 0. The maximum atomic E-state index is 2.48. The fraction of sp³-hybridized carbons (Fsp3) is 0.158. The Morgan fingerprint density at radius 2 is 1.65 bits per heavy atom. The summed E-state index contributed by atoms with van der Waals surface area (Å²) in [5.74, 6) is 0. The van der Waals surface area contributed by atoms with Gasteiger partial charge in [0.05, 0.1) is 6.04 Å². The Morgan fingerprint density at radius 1 is 0.900 bits per heavy atom. The Balaban J connectivity index is 1.92. The van der Waals surface area contributed by atoms with E-state index < -0.39 is 0 Å². The summed E-state index contributed by atoms with van der Waals surface area (Å²) in [6, 6.07) is 19.9. The van der Waals surface area contributed by atoms with Crippen molar-refractivity contribution in [2.24, 2.45) is 0 Å². The minimum absolute atomic E-state index is 0.444. The summed E-state index contributed by atoms with van der Waals surface area (Å²) in [5.41, 5.74) is 6.90. The number of benzene rings is 2. The fourth-order valence-corrected chi connectivity index (χ4v) is 3.33. The van der Waals surface area contributed by atoms with Crippen LogP contribution in [0.3, 0.4) is 0 Å². The zero-order valence-electron chi connectivity index (χ0n) is 11.6. The molecule has 1 aliphatic carbocycles. The van der Waals surface area contributed by atoms with Crippen molar-refractivity contribution in [2.75, 3.05) is 4.90 Å². The number of allylic oxidation sites excluding steroid dienone is 2. The number of fused-ring (bicyclic) bond motifs is 3. The van der Waals surface area contributed by atoms with Gasteiger partial charge in [0.2, 0.25) is 0 Å². The molecular weight excluding hydrogens is 242 g/mol. The van der Waals surface area contributed by atoms with Crippen LogP contribution in [0.5, 0.6) is 0 Å². The minimum atomic E-state index is 0.444. The standard InChI is InChI=1S/C19H17N/c1-14-11-12-17-16-9-5-6-10-18(16)20(19(17)13-14)15-7-3-2-4-8-15/h2-12,19H,13H2,1H3. The molecule has 20 heavy (non-hydrogen) atoms. The smallest absolute Gasteiger partial charge is 0.0635 e. The lowest BCUT2D eigenvalue weighted by Gasteiger charge is -2.29. The zero-order valence-corrected chi connectivity index (χ0v) is 11.6. The molecule has 0 spiro atoms. The molecule has 1 unspecified atom stereocenters. The molecule has 1 heterocycles. The van der Waals surface area contributed by atoms with E-state index in [1.165, 1.54) is 28.1 Å². The Hall–Kier alpha value is -2.28. The highest BCUT2D eigenvalue weighted by atomic mass is 15.2. The van der Waals surface area contributed by atoms with Crippen molar-refractivity contribution >= 4 is 16.9 Å². The predicted molar refractivity (Wildman–Crippen MR) is 85.2 cm³/mol. The predicted octanol–water partition coefficient (Wildman–Crippen LogP) is 4.94. The third-order valence-electron chi connectivity index (χ3n) is 4.24. The molecule has 0 N–H and O–H groups in total. The van der Waals surface area contributed by atoms with Crippen molar-refractivity contribution < 1.29 is 0 Å². The SMILES string of the molecule is CC1=CC=C2c3ccccc3N(c3ccccc3)C2C1. The van der Waals surface area contributed by atoms with Crippen molar-refractivity contribution in [3.05, 3.63) is 77.9 Å². The third-order valence-corrected chi connectivity index (χ3v) is 4.24. The first-order chi connectivity index (χ1) is 9.84. The van der Waals surface area contributed by atoms with Gasteiger partial charge in [0, 0.05) is 16.9 Å². The van der Waals surface area contributed by atoms with E-state index in [1.54, 1.807) is 0 Å². The van der Waals surface area contributed by atoms with Crippen LogP contribution in [0.2, 0.25) is 0 Å². The van der Waals surface area contributed by atoms with E-state index in [9.17, 15) is 0 Å². The van der Waals surface area contributed by atoms with E-state index >= 15 is 0 Å². The number of para-hydroxylation sites is 2. The Bertz CT molecular complexity index is 710.